The first-order valence-electron chi connectivity index (χ1n) is 9.91. The molecule has 1 atom stereocenters. The summed E-state index contributed by atoms with van der Waals surface area (Å²) in [5.41, 5.74) is 4.60. The van der Waals surface area contributed by atoms with Crippen LogP contribution in [0.1, 0.15) is 59.4 Å². The van der Waals surface area contributed by atoms with E-state index in [-0.39, 0.29) is 24.3 Å². The van der Waals surface area contributed by atoms with Gasteiger partial charge in [-0.3, -0.25) is 9.89 Å². The Kier molecular flexibility index (Phi) is 5.11. The summed E-state index contributed by atoms with van der Waals surface area (Å²) in [4.78, 5) is 14.9. The molecule has 3 aromatic rings. The van der Waals surface area contributed by atoms with E-state index >= 15 is 0 Å². The van der Waals surface area contributed by atoms with Crippen molar-refractivity contribution in [1.29, 1.82) is 0 Å². The van der Waals surface area contributed by atoms with Gasteiger partial charge < -0.3 is 15.1 Å². The molecule has 0 saturated heterocycles. The van der Waals surface area contributed by atoms with Crippen LogP contribution in [0.15, 0.2) is 48.5 Å². The van der Waals surface area contributed by atoms with Gasteiger partial charge in [-0.2, -0.15) is 5.10 Å². The van der Waals surface area contributed by atoms with Crippen molar-refractivity contribution >= 4 is 5.91 Å². The number of H-pyrrole nitrogens is 1. The van der Waals surface area contributed by atoms with E-state index < -0.39 is 0 Å². The van der Waals surface area contributed by atoms with Crippen LogP contribution < -0.4 is 0 Å². The number of benzene rings is 2. The fourth-order valence-corrected chi connectivity index (χ4v) is 3.96. The third-order valence-electron chi connectivity index (χ3n) is 5.50. The van der Waals surface area contributed by atoms with Gasteiger partial charge in [0.05, 0.1) is 6.04 Å². The molecule has 1 amide bonds. The molecule has 0 bridgehead atoms. The molecule has 4 rings (SSSR count). The first kappa shape index (κ1) is 19.2. The van der Waals surface area contributed by atoms with E-state index in [2.05, 4.69) is 48.3 Å². The van der Waals surface area contributed by atoms with E-state index in [1.165, 1.54) is 5.56 Å². The Morgan fingerprint density at radius 1 is 1.14 bits per heavy atom. The minimum absolute atomic E-state index is 0.0152. The molecule has 29 heavy (non-hydrogen) atoms. The molecular formula is C23H25N3O3. The SMILES string of the molecule is CC(C)c1ccc(C2c3c(-c4ccccc4O)n[nH]c3C(=O)N2CCCO)cc1. The van der Waals surface area contributed by atoms with E-state index in [4.69, 9.17) is 0 Å². The van der Waals surface area contributed by atoms with Gasteiger partial charge >= 0.3 is 0 Å². The maximum atomic E-state index is 13.1. The molecule has 1 unspecified atom stereocenters. The Bertz CT molecular complexity index is 1020. The molecule has 150 valence electrons. The van der Waals surface area contributed by atoms with Crippen molar-refractivity contribution in [3.8, 4) is 17.0 Å². The monoisotopic (exact) mass is 391 g/mol. The molecule has 0 aliphatic carbocycles. The van der Waals surface area contributed by atoms with Gasteiger partial charge in [-0.15, -0.1) is 0 Å². The molecule has 0 fully saturated rings. The molecule has 1 aromatic heterocycles. The van der Waals surface area contributed by atoms with Crippen molar-refractivity contribution < 1.29 is 15.0 Å². The Hall–Kier alpha value is -3.12. The summed E-state index contributed by atoms with van der Waals surface area (Å²) in [5, 5.41) is 26.9. The normalized spacial score (nSPS) is 15.9. The van der Waals surface area contributed by atoms with E-state index in [1.807, 2.05) is 6.07 Å². The van der Waals surface area contributed by atoms with E-state index in [0.717, 1.165) is 11.1 Å². The zero-order valence-electron chi connectivity index (χ0n) is 16.6. The second-order valence-electron chi connectivity index (χ2n) is 7.68. The Morgan fingerprint density at radius 3 is 2.52 bits per heavy atom. The lowest BCUT2D eigenvalue weighted by atomic mass is 9.93. The largest absolute Gasteiger partial charge is 0.507 e. The lowest BCUT2D eigenvalue weighted by Crippen LogP contribution is -2.31. The maximum absolute atomic E-state index is 13.1. The topological polar surface area (TPSA) is 89.5 Å². The third kappa shape index (κ3) is 3.29. The third-order valence-corrected chi connectivity index (χ3v) is 5.50. The second kappa shape index (κ2) is 7.72. The molecule has 6 nitrogen and oxygen atoms in total. The Balaban J connectivity index is 1.85. The predicted octanol–water partition coefficient (Wildman–Crippen LogP) is 3.83. The van der Waals surface area contributed by atoms with E-state index in [0.29, 0.717) is 35.8 Å². The summed E-state index contributed by atoms with van der Waals surface area (Å²) >= 11 is 0. The summed E-state index contributed by atoms with van der Waals surface area (Å²) in [6.45, 7) is 4.74. The Labute approximate surface area is 169 Å². The zero-order chi connectivity index (χ0) is 20.5. The van der Waals surface area contributed by atoms with Gasteiger partial charge in [0.25, 0.3) is 5.91 Å². The minimum atomic E-state index is -0.321. The van der Waals surface area contributed by atoms with Gasteiger partial charge in [0.15, 0.2) is 0 Å². The van der Waals surface area contributed by atoms with Gasteiger partial charge in [0.2, 0.25) is 0 Å². The summed E-state index contributed by atoms with van der Waals surface area (Å²) in [7, 11) is 0. The van der Waals surface area contributed by atoms with Crippen molar-refractivity contribution in [2.45, 2.75) is 32.2 Å². The fraction of sp³-hybridized carbons (Fsp3) is 0.304. The number of phenolic OH excluding ortho intramolecular Hbond substituents is 1. The number of nitrogens with zero attached hydrogens (tertiary/aromatic N) is 2. The number of aliphatic hydroxyl groups excluding tert-OH is 1. The fourth-order valence-electron chi connectivity index (χ4n) is 3.96. The summed E-state index contributed by atoms with van der Waals surface area (Å²) in [6, 6.07) is 15.0. The number of para-hydroxylation sites is 1. The number of aromatic nitrogens is 2. The van der Waals surface area contributed by atoms with Crippen molar-refractivity contribution in [1.82, 2.24) is 15.1 Å². The maximum Gasteiger partial charge on any atom is 0.273 e. The second-order valence-corrected chi connectivity index (χ2v) is 7.68. The van der Waals surface area contributed by atoms with Gasteiger partial charge in [-0.05, 0) is 35.6 Å². The van der Waals surface area contributed by atoms with Gasteiger partial charge in [-0.25, -0.2) is 0 Å². The highest BCUT2D eigenvalue weighted by atomic mass is 16.3. The highest BCUT2D eigenvalue weighted by Crippen LogP contribution is 2.44. The molecule has 6 heteroatoms. The number of carbonyl (C=O) groups excluding carboxylic acids is 1. The van der Waals surface area contributed by atoms with Crippen LogP contribution in [0.25, 0.3) is 11.3 Å². The van der Waals surface area contributed by atoms with Crippen LogP contribution in [-0.4, -0.2) is 44.4 Å². The summed E-state index contributed by atoms with van der Waals surface area (Å²) in [5.74, 6) is 0.401. The van der Waals surface area contributed by atoms with Gasteiger partial charge in [0, 0.05) is 24.3 Å². The molecule has 3 N–H and O–H groups in total. The molecular weight excluding hydrogens is 366 g/mol. The van der Waals surface area contributed by atoms with Crippen molar-refractivity contribution in [3.05, 3.63) is 70.9 Å². The quantitative estimate of drug-likeness (QED) is 0.596. The van der Waals surface area contributed by atoms with Crippen LogP contribution in [0.3, 0.4) is 0 Å². The molecule has 0 saturated carbocycles. The number of amides is 1. The van der Waals surface area contributed by atoms with Crippen LogP contribution in [0.5, 0.6) is 5.75 Å². The minimum Gasteiger partial charge on any atom is -0.507 e. The number of hydrogen-bond acceptors (Lipinski definition) is 4. The first-order chi connectivity index (χ1) is 14.0. The average Bonchev–Trinajstić information content (AvgIpc) is 3.26. The van der Waals surface area contributed by atoms with Crippen molar-refractivity contribution in [2.75, 3.05) is 13.2 Å². The Morgan fingerprint density at radius 2 is 1.86 bits per heavy atom. The van der Waals surface area contributed by atoms with Crippen molar-refractivity contribution in [2.24, 2.45) is 0 Å². The molecule has 0 radical (unpaired) electrons. The first-order valence-corrected chi connectivity index (χ1v) is 9.91. The lowest BCUT2D eigenvalue weighted by Gasteiger charge is -2.26. The number of phenols is 1. The summed E-state index contributed by atoms with van der Waals surface area (Å²) in [6.07, 6.45) is 0.496. The van der Waals surface area contributed by atoms with Crippen LogP contribution in [0.4, 0.5) is 0 Å². The number of aromatic hydroxyl groups is 1. The number of fused-ring (bicyclic) bond motifs is 1. The molecule has 2 aromatic carbocycles. The number of hydrogen-bond donors (Lipinski definition) is 3. The molecule has 0 spiro atoms. The number of nitrogens with one attached hydrogen (secondary N) is 1. The van der Waals surface area contributed by atoms with Crippen molar-refractivity contribution in [3.63, 3.8) is 0 Å². The van der Waals surface area contributed by atoms with Crippen LogP contribution in [-0.2, 0) is 0 Å². The smallest absolute Gasteiger partial charge is 0.273 e. The number of rotatable bonds is 6. The van der Waals surface area contributed by atoms with E-state index in [1.54, 1.807) is 23.1 Å². The number of carbonyl (C=O) groups is 1. The predicted molar refractivity (Wildman–Crippen MR) is 111 cm³/mol. The van der Waals surface area contributed by atoms with Crippen LogP contribution in [0.2, 0.25) is 0 Å². The molecule has 2 heterocycles. The van der Waals surface area contributed by atoms with Gasteiger partial charge in [0.1, 0.15) is 17.1 Å². The number of aromatic amines is 1. The van der Waals surface area contributed by atoms with Crippen LogP contribution in [0, 0.1) is 0 Å². The van der Waals surface area contributed by atoms with E-state index in [9.17, 15) is 15.0 Å². The molecule has 1 aliphatic rings. The van der Waals surface area contributed by atoms with Crippen LogP contribution >= 0.6 is 0 Å². The zero-order valence-corrected chi connectivity index (χ0v) is 16.6. The lowest BCUT2D eigenvalue weighted by molar-refractivity contribution is 0.0732. The van der Waals surface area contributed by atoms with Gasteiger partial charge in [-0.1, -0.05) is 50.2 Å². The summed E-state index contributed by atoms with van der Waals surface area (Å²) < 4.78 is 0. The standard InChI is InChI=1S/C23H25N3O3/c1-14(2)15-8-10-16(11-9-15)22-19-20(17-6-3-4-7-18(17)28)24-25-21(19)23(29)26(22)12-5-13-27/h3-4,6-11,14,22,27-28H,5,12-13H2,1-2H3,(H,24,25). The highest BCUT2D eigenvalue weighted by Gasteiger charge is 2.42. The average molecular weight is 391 g/mol. The highest BCUT2D eigenvalue weighted by molar-refractivity contribution is 6.00. The number of aliphatic hydroxyl groups is 1. The molecule has 1 aliphatic heterocycles.